The molecule has 0 atom stereocenters. The minimum absolute atomic E-state index is 0.484. The number of hydrazine groups is 1. The van der Waals surface area contributed by atoms with Crippen molar-refractivity contribution in [3.8, 4) is 11.5 Å². The standard InChI is InChI=1S/C8H9N5O/c1-5-11-6(4-14-5)8-10-3-2-7(12-8)13-9/h2-4H,9H2,1H3,(H,10,12,13). The normalized spacial score (nSPS) is 10.1. The maximum absolute atomic E-state index is 5.22. The van der Waals surface area contributed by atoms with E-state index in [1.54, 1.807) is 19.2 Å². The van der Waals surface area contributed by atoms with Gasteiger partial charge in [-0.05, 0) is 0 Å². The summed E-state index contributed by atoms with van der Waals surface area (Å²) in [7, 11) is 0. The number of nitrogens with one attached hydrogen (secondary N) is 1. The predicted molar refractivity (Wildman–Crippen MR) is 50.1 cm³/mol. The molecule has 14 heavy (non-hydrogen) atoms. The molecule has 0 aliphatic heterocycles. The highest BCUT2D eigenvalue weighted by molar-refractivity contribution is 5.50. The minimum Gasteiger partial charge on any atom is -0.449 e. The van der Waals surface area contributed by atoms with Crippen LogP contribution in [-0.2, 0) is 0 Å². The predicted octanol–water partition coefficient (Wildman–Crippen LogP) is 0.726. The van der Waals surface area contributed by atoms with Gasteiger partial charge < -0.3 is 9.84 Å². The van der Waals surface area contributed by atoms with Crippen LogP contribution in [0, 0.1) is 6.92 Å². The average Bonchev–Trinajstić information content (AvgIpc) is 2.65. The molecule has 2 aromatic rings. The number of hydrogen-bond donors (Lipinski definition) is 2. The molecule has 0 amide bonds. The highest BCUT2D eigenvalue weighted by atomic mass is 16.3. The molecule has 0 spiro atoms. The fourth-order valence-electron chi connectivity index (χ4n) is 1.03. The van der Waals surface area contributed by atoms with Crippen LogP contribution in [0.1, 0.15) is 5.89 Å². The fraction of sp³-hybridized carbons (Fsp3) is 0.125. The Bertz CT molecular complexity index is 439. The number of oxazole rings is 1. The van der Waals surface area contributed by atoms with E-state index in [1.165, 1.54) is 6.26 Å². The molecule has 0 unspecified atom stereocenters. The highest BCUT2D eigenvalue weighted by Gasteiger charge is 2.06. The molecular formula is C8H9N5O. The quantitative estimate of drug-likeness (QED) is 0.537. The Morgan fingerprint density at radius 3 is 2.93 bits per heavy atom. The number of aromatic nitrogens is 3. The van der Waals surface area contributed by atoms with E-state index in [2.05, 4.69) is 20.4 Å². The third-order valence-electron chi connectivity index (χ3n) is 1.65. The van der Waals surface area contributed by atoms with Crippen LogP contribution < -0.4 is 11.3 Å². The van der Waals surface area contributed by atoms with E-state index in [0.29, 0.717) is 23.2 Å². The molecule has 2 aromatic heterocycles. The Labute approximate surface area is 80.2 Å². The first kappa shape index (κ1) is 8.64. The van der Waals surface area contributed by atoms with Gasteiger partial charge in [0.05, 0.1) is 0 Å². The maximum Gasteiger partial charge on any atom is 0.191 e. The second kappa shape index (κ2) is 3.43. The minimum atomic E-state index is 0.484. The van der Waals surface area contributed by atoms with E-state index >= 15 is 0 Å². The van der Waals surface area contributed by atoms with Gasteiger partial charge in [0.25, 0.3) is 0 Å². The van der Waals surface area contributed by atoms with Gasteiger partial charge in [0, 0.05) is 19.2 Å². The summed E-state index contributed by atoms with van der Waals surface area (Å²) in [4.78, 5) is 12.2. The van der Waals surface area contributed by atoms with E-state index in [0.717, 1.165) is 0 Å². The van der Waals surface area contributed by atoms with Gasteiger partial charge in [0.15, 0.2) is 11.7 Å². The van der Waals surface area contributed by atoms with E-state index in [1.807, 2.05) is 0 Å². The summed E-state index contributed by atoms with van der Waals surface area (Å²) >= 11 is 0. The highest BCUT2D eigenvalue weighted by Crippen LogP contribution is 2.14. The van der Waals surface area contributed by atoms with Gasteiger partial charge in [-0.3, -0.25) is 0 Å². The number of nitrogen functional groups attached to an aromatic ring is 1. The molecule has 3 N–H and O–H groups in total. The summed E-state index contributed by atoms with van der Waals surface area (Å²) in [6, 6.07) is 1.66. The van der Waals surface area contributed by atoms with Crippen LogP contribution in [0.2, 0.25) is 0 Å². The Balaban J connectivity index is 2.41. The molecule has 6 nitrogen and oxygen atoms in total. The number of nitrogens with zero attached hydrogens (tertiary/aromatic N) is 3. The second-order valence-corrected chi connectivity index (χ2v) is 2.66. The maximum atomic E-state index is 5.22. The molecule has 0 saturated heterocycles. The zero-order chi connectivity index (χ0) is 9.97. The van der Waals surface area contributed by atoms with Crippen molar-refractivity contribution in [2.45, 2.75) is 6.92 Å². The SMILES string of the molecule is Cc1nc(-c2nccc(NN)n2)co1. The average molecular weight is 191 g/mol. The van der Waals surface area contributed by atoms with Gasteiger partial charge in [-0.2, -0.15) is 0 Å². The molecule has 2 rings (SSSR count). The number of aryl methyl sites for hydroxylation is 1. The van der Waals surface area contributed by atoms with Crippen LogP contribution in [-0.4, -0.2) is 15.0 Å². The molecule has 2 heterocycles. The van der Waals surface area contributed by atoms with Crippen molar-refractivity contribution in [1.82, 2.24) is 15.0 Å². The largest absolute Gasteiger partial charge is 0.449 e. The second-order valence-electron chi connectivity index (χ2n) is 2.66. The van der Waals surface area contributed by atoms with Crippen LogP contribution >= 0.6 is 0 Å². The molecule has 0 aromatic carbocycles. The fourth-order valence-corrected chi connectivity index (χ4v) is 1.03. The molecular weight excluding hydrogens is 182 g/mol. The summed E-state index contributed by atoms with van der Waals surface area (Å²) in [5.74, 6) is 6.82. The van der Waals surface area contributed by atoms with Gasteiger partial charge in [-0.25, -0.2) is 20.8 Å². The summed E-state index contributed by atoms with van der Waals surface area (Å²) in [6.07, 6.45) is 3.10. The molecule has 0 aliphatic rings. The van der Waals surface area contributed by atoms with Crippen molar-refractivity contribution in [3.05, 3.63) is 24.4 Å². The summed E-state index contributed by atoms with van der Waals surface area (Å²) in [5.41, 5.74) is 3.03. The van der Waals surface area contributed by atoms with E-state index in [9.17, 15) is 0 Å². The van der Waals surface area contributed by atoms with Crippen molar-refractivity contribution in [2.75, 3.05) is 5.43 Å². The van der Waals surface area contributed by atoms with Gasteiger partial charge in [0.1, 0.15) is 17.8 Å². The van der Waals surface area contributed by atoms with Crippen LogP contribution in [0.15, 0.2) is 22.9 Å². The monoisotopic (exact) mass is 191 g/mol. The van der Waals surface area contributed by atoms with Crippen molar-refractivity contribution in [2.24, 2.45) is 5.84 Å². The topological polar surface area (TPSA) is 89.9 Å². The lowest BCUT2D eigenvalue weighted by Crippen LogP contribution is -2.09. The Hall–Kier alpha value is -1.95. The number of hydrogen-bond acceptors (Lipinski definition) is 6. The van der Waals surface area contributed by atoms with Crippen LogP contribution in [0.3, 0.4) is 0 Å². The van der Waals surface area contributed by atoms with E-state index < -0.39 is 0 Å². The molecule has 0 saturated carbocycles. The Morgan fingerprint density at radius 1 is 1.43 bits per heavy atom. The molecule has 6 heteroatoms. The number of nitrogens with two attached hydrogens (primary N) is 1. The Kier molecular flexibility index (Phi) is 2.11. The van der Waals surface area contributed by atoms with Gasteiger partial charge >= 0.3 is 0 Å². The first-order chi connectivity index (χ1) is 6.79. The van der Waals surface area contributed by atoms with Gasteiger partial charge in [0.2, 0.25) is 0 Å². The molecule has 0 bridgehead atoms. The van der Waals surface area contributed by atoms with Crippen molar-refractivity contribution in [1.29, 1.82) is 0 Å². The summed E-state index contributed by atoms with van der Waals surface area (Å²) < 4.78 is 5.05. The summed E-state index contributed by atoms with van der Waals surface area (Å²) in [6.45, 7) is 1.76. The summed E-state index contributed by atoms with van der Waals surface area (Å²) in [5, 5.41) is 0. The van der Waals surface area contributed by atoms with Crippen molar-refractivity contribution < 1.29 is 4.42 Å². The first-order valence-electron chi connectivity index (χ1n) is 4.02. The molecule has 72 valence electrons. The Morgan fingerprint density at radius 2 is 2.29 bits per heavy atom. The third-order valence-corrected chi connectivity index (χ3v) is 1.65. The molecule has 0 fully saturated rings. The van der Waals surface area contributed by atoms with Crippen molar-refractivity contribution >= 4 is 5.82 Å². The third kappa shape index (κ3) is 1.55. The van der Waals surface area contributed by atoms with Gasteiger partial charge in [-0.1, -0.05) is 0 Å². The number of anilines is 1. The van der Waals surface area contributed by atoms with Crippen LogP contribution in [0.5, 0.6) is 0 Å². The van der Waals surface area contributed by atoms with E-state index in [-0.39, 0.29) is 0 Å². The van der Waals surface area contributed by atoms with Crippen LogP contribution in [0.25, 0.3) is 11.5 Å². The number of rotatable bonds is 2. The zero-order valence-corrected chi connectivity index (χ0v) is 7.56. The van der Waals surface area contributed by atoms with Crippen LogP contribution in [0.4, 0.5) is 5.82 Å². The first-order valence-corrected chi connectivity index (χ1v) is 4.02. The smallest absolute Gasteiger partial charge is 0.191 e. The molecule has 0 aliphatic carbocycles. The molecule has 0 radical (unpaired) electrons. The van der Waals surface area contributed by atoms with Crippen molar-refractivity contribution in [3.63, 3.8) is 0 Å². The van der Waals surface area contributed by atoms with E-state index in [4.69, 9.17) is 10.3 Å². The lowest BCUT2D eigenvalue weighted by atomic mass is 10.4. The lowest BCUT2D eigenvalue weighted by molar-refractivity contribution is 0.521. The zero-order valence-electron chi connectivity index (χ0n) is 7.56. The van der Waals surface area contributed by atoms with Gasteiger partial charge in [-0.15, -0.1) is 0 Å². The lowest BCUT2D eigenvalue weighted by Gasteiger charge is -1.98.